The van der Waals surface area contributed by atoms with Crippen LogP contribution in [0.25, 0.3) is 0 Å². The van der Waals surface area contributed by atoms with E-state index in [9.17, 15) is 4.79 Å². The van der Waals surface area contributed by atoms with Crippen molar-refractivity contribution < 1.29 is 9.53 Å². The van der Waals surface area contributed by atoms with E-state index in [2.05, 4.69) is 20.2 Å². The Morgan fingerprint density at radius 2 is 1.85 bits per heavy atom. The van der Waals surface area contributed by atoms with Crippen LogP contribution in [0, 0.1) is 6.92 Å². The number of nitrogens with one attached hydrogen (secondary N) is 1. The van der Waals surface area contributed by atoms with Crippen molar-refractivity contribution in [3.05, 3.63) is 41.7 Å². The number of ether oxygens (including phenoxy) is 1. The molecule has 2 heterocycles. The number of anilines is 2. The number of carbonyl (C=O) groups excluding carboxylic acids is 1. The number of hydrogen-bond acceptors (Lipinski definition) is 6. The third kappa shape index (κ3) is 4.48. The van der Waals surface area contributed by atoms with E-state index in [1.165, 1.54) is 0 Å². The number of aryl methyl sites for hydroxylation is 1. The van der Waals surface area contributed by atoms with Crippen molar-refractivity contribution in [1.29, 1.82) is 0 Å². The molecule has 0 spiro atoms. The van der Waals surface area contributed by atoms with Gasteiger partial charge < -0.3 is 19.9 Å². The summed E-state index contributed by atoms with van der Waals surface area (Å²) in [5.41, 5.74) is 2.29. The summed E-state index contributed by atoms with van der Waals surface area (Å²) >= 11 is 0. The number of nitrogens with zero attached hydrogens (tertiary/aromatic N) is 4. The Hall–Kier alpha value is -2.83. The second-order valence-corrected chi connectivity index (χ2v) is 6.97. The Morgan fingerprint density at radius 1 is 1.15 bits per heavy atom. The lowest BCUT2D eigenvalue weighted by Crippen LogP contribution is -2.49. The molecule has 0 radical (unpaired) electrons. The summed E-state index contributed by atoms with van der Waals surface area (Å²) in [5, 5.41) is 3.17. The van der Waals surface area contributed by atoms with E-state index in [1.807, 2.05) is 49.9 Å². The highest BCUT2D eigenvalue weighted by molar-refractivity contribution is 5.93. The zero-order valence-electron chi connectivity index (χ0n) is 16.4. The first kappa shape index (κ1) is 18.9. The van der Waals surface area contributed by atoms with Crippen LogP contribution in [0.15, 0.2) is 30.3 Å². The predicted octanol–water partition coefficient (Wildman–Crippen LogP) is 2.58. The van der Waals surface area contributed by atoms with Gasteiger partial charge in [0.05, 0.1) is 12.8 Å². The number of amides is 1. The summed E-state index contributed by atoms with van der Waals surface area (Å²) < 4.78 is 5.45. The number of methoxy groups -OCH3 is 1. The number of hydrogen-bond donors (Lipinski definition) is 1. The molecule has 0 atom stereocenters. The van der Waals surface area contributed by atoms with E-state index in [4.69, 9.17) is 4.74 Å². The molecule has 3 rings (SSSR count). The first-order valence-corrected chi connectivity index (χ1v) is 9.27. The lowest BCUT2D eigenvalue weighted by Gasteiger charge is -2.36. The Kier molecular flexibility index (Phi) is 5.78. The smallest absolute Gasteiger partial charge is 0.272 e. The van der Waals surface area contributed by atoms with Crippen molar-refractivity contribution >= 4 is 17.5 Å². The van der Waals surface area contributed by atoms with Crippen molar-refractivity contribution in [2.24, 2.45) is 0 Å². The van der Waals surface area contributed by atoms with Crippen LogP contribution >= 0.6 is 0 Å². The molecule has 1 aliphatic heterocycles. The summed E-state index contributed by atoms with van der Waals surface area (Å²) in [7, 11) is 1.68. The lowest BCUT2D eigenvalue weighted by atomic mass is 10.2. The van der Waals surface area contributed by atoms with Crippen molar-refractivity contribution in [3.63, 3.8) is 0 Å². The van der Waals surface area contributed by atoms with E-state index < -0.39 is 0 Å². The second kappa shape index (κ2) is 8.24. The van der Waals surface area contributed by atoms with Gasteiger partial charge in [0, 0.05) is 37.9 Å². The molecule has 1 N–H and O–H groups in total. The van der Waals surface area contributed by atoms with Gasteiger partial charge in [-0.2, -0.15) is 0 Å². The van der Waals surface area contributed by atoms with Crippen LogP contribution in [0.1, 0.15) is 30.0 Å². The summed E-state index contributed by atoms with van der Waals surface area (Å²) in [6.07, 6.45) is 0. The van der Waals surface area contributed by atoms with Crippen LogP contribution in [0.3, 0.4) is 0 Å². The summed E-state index contributed by atoms with van der Waals surface area (Å²) in [6, 6.07) is 9.93. The largest absolute Gasteiger partial charge is 0.495 e. The average molecular weight is 369 g/mol. The van der Waals surface area contributed by atoms with Crippen LogP contribution in [-0.2, 0) is 0 Å². The van der Waals surface area contributed by atoms with Gasteiger partial charge in [-0.25, -0.2) is 9.97 Å². The molecule has 7 heteroatoms. The molecule has 1 saturated heterocycles. The minimum atomic E-state index is -0.0491. The number of aromatic nitrogens is 2. The van der Waals surface area contributed by atoms with E-state index in [0.29, 0.717) is 24.7 Å². The molecule has 0 saturated carbocycles. The van der Waals surface area contributed by atoms with Crippen LogP contribution in [0.5, 0.6) is 5.75 Å². The predicted molar refractivity (Wildman–Crippen MR) is 107 cm³/mol. The van der Waals surface area contributed by atoms with Crippen LogP contribution in [0.4, 0.5) is 11.6 Å². The molecule has 27 heavy (non-hydrogen) atoms. The fraction of sp³-hybridized carbons (Fsp3) is 0.450. The van der Waals surface area contributed by atoms with E-state index in [0.717, 1.165) is 30.2 Å². The van der Waals surface area contributed by atoms with E-state index >= 15 is 0 Å². The Balaban J connectivity index is 1.69. The molecule has 1 amide bonds. The Labute approximate surface area is 160 Å². The van der Waals surface area contributed by atoms with Gasteiger partial charge in [-0.3, -0.25) is 4.79 Å². The van der Waals surface area contributed by atoms with Crippen LogP contribution < -0.4 is 15.0 Å². The monoisotopic (exact) mass is 369 g/mol. The number of benzene rings is 1. The van der Waals surface area contributed by atoms with Gasteiger partial charge in [0.2, 0.25) is 5.95 Å². The number of carbonyl (C=O) groups is 1. The molecular weight excluding hydrogens is 342 g/mol. The maximum atomic E-state index is 12.9. The normalized spacial score (nSPS) is 14.4. The summed E-state index contributed by atoms with van der Waals surface area (Å²) in [5.74, 6) is 1.31. The highest BCUT2D eigenvalue weighted by Gasteiger charge is 2.25. The fourth-order valence-electron chi connectivity index (χ4n) is 3.20. The third-order valence-electron chi connectivity index (χ3n) is 4.48. The van der Waals surface area contributed by atoms with Crippen molar-refractivity contribution in [2.45, 2.75) is 26.8 Å². The maximum absolute atomic E-state index is 12.9. The lowest BCUT2D eigenvalue weighted by molar-refractivity contribution is 0.0740. The maximum Gasteiger partial charge on any atom is 0.272 e. The molecular formula is C20H27N5O2. The SMILES string of the molecule is COc1ccccc1N1CCN(C(=O)c2cc(C)nc(NC(C)C)n2)CC1. The highest BCUT2D eigenvalue weighted by atomic mass is 16.5. The average Bonchev–Trinajstić information content (AvgIpc) is 2.66. The van der Waals surface area contributed by atoms with Gasteiger partial charge in [0.25, 0.3) is 5.91 Å². The van der Waals surface area contributed by atoms with Crippen molar-refractivity contribution in [3.8, 4) is 5.75 Å². The van der Waals surface area contributed by atoms with Gasteiger partial charge in [-0.1, -0.05) is 12.1 Å². The highest BCUT2D eigenvalue weighted by Crippen LogP contribution is 2.28. The quantitative estimate of drug-likeness (QED) is 0.874. The molecule has 1 aromatic heterocycles. The second-order valence-electron chi connectivity index (χ2n) is 6.97. The van der Waals surface area contributed by atoms with E-state index in [1.54, 1.807) is 13.2 Å². The molecule has 0 unspecified atom stereocenters. The first-order valence-electron chi connectivity index (χ1n) is 9.27. The zero-order chi connectivity index (χ0) is 19.4. The third-order valence-corrected chi connectivity index (χ3v) is 4.48. The molecule has 2 aromatic rings. The number of piperazine rings is 1. The van der Waals surface area contributed by atoms with Gasteiger partial charge in [0.15, 0.2) is 0 Å². The molecule has 1 aromatic carbocycles. The summed E-state index contributed by atoms with van der Waals surface area (Å²) in [4.78, 5) is 25.8. The van der Waals surface area contributed by atoms with Gasteiger partial charge in [0.1, 0.15) is 11.4 Å². The molecule has 1 fully saturated rings. The van der Waals surface area contributed by atoms with Crippen molar-refractivity contribution in [1.82, 2.24) is 14.9 Å². The molecule has 1 aliphatic rings. The Bertz CT molecular complexity index is 801. The summed E-state index contributed by atoms with van der Waals surface area (Å²) in [6.45, 7) is 8.72. The Morgan fingerprint density at radius 3 is 2.52 bits per heavy atom. The van der Waals surface area contributed by atoms with Gasteiger partial charge in [-0.05, 0) is 39.0 Å². The topological polar surface area (TPSA) is 70.6 Å². The molecule has 0 aliphatic carbocycles. The number of para-hydroxylation sites is 2. The van der Waals surface area contributed by atoms with Gasteiger partial charge in [-0.15, -0.1) is 0 Å². The van der Waals surface area contributed by atoms with Crippen LogP contribution in [-0.4, -0.2) is 60.1 Å². The molecule has 7 nitrogen and oxygen atoms in total. The minimum absolute atomic E-state index is 0.0491. The van der Waals surface area contributed by atoms with Crippen LogP contribution in [0.2, 0.25) is 0 Å². The zero-order valence-corrected chi connectivity index (χ0v) is 16.4. The van der Waals surface area contributed by atoms with Gasteiger partial charge >= 0.3 is 0 Å². The van der Waals surface area contributed by atoms with E-state index in [-0.39, 0.29) is 11.9 Å². The fourth-order valence-corrected chi connectivity index (χ4v) is 3.20. The van der Waals surface area contributed by atoms with Crippen molar-refractivity contribution in [2.75, 3.05) is 43.5 Å². The minimum Gasteiger partial charge on any atom is -0.495 e. The molecule has 0 bridgehead atoms. The molecule has 144 valence electrons. The standard InChI is InChI=1S/C20H27N5O2/c1-14(2)21-20-22-15(3)13-16(23-20)19(26)25-11-9-24(10-12-25)17-7-5-6-8-18(17)27-4/h5-8,13-14H,9-12H2,1-4H3,(H,21,22,23). The number of rotatable bonds is 5. The first-order chi connectivity index (χ1) is 13.0.